The Morgan fingerprint density at radius 1 is 1.13 bits per heavy atom. The smallest absolute Gasteiger partial charge is 0.266 e. The summed E-state index contributed by atoms with van der Waals surface area (Å²) in [5.74, 6) is -0.442. The van der Waals surface area contributed by atoms with Crippen LogP contribution in [0.2, 0.25) is 0 Å². The fourth-order valence-corrected chi connectivity index (χ4v) is 4.84. The van der Waals surface area contributed by atoms with Crippen molar-refractivity contribution in [2.45, 2.75) is 26.3 Å². The Bertz CT molecular complexity index is 1500. The highest BCUT2D eigenvalue weighted by Crippen LogP contribution is 2.31. The van der Waals surface area contributed by atoms with E-state index in [0.717, 1.165) is 25.7 Å². The predicted molar refractivity (Wildman–Crippen MR) is 138 cm³/mol. The van der Waals surface area contributed by atoms with Crippen molar-refractivity contribution in [3.8, 4) is 0 Å². The summed E-state index contributed by atoms with van der Waals surface area (Å²) >= 11 is 0. The highest BCUT2D eigenvalue weighted by Gasteiger charge is 2.27. The first kappa shape index (κ1) is 26.8. The van der Waals surface area contributed by atoms with E-state index < -0.39 is 23.8 Å². The Kier molecular flexibility index (Phi) is 7.62. The molecule has 4 aromatic rings. The number of nitrogens with zero attached hydrogens (tertiary/aromatic N) is 7. The molecule has 1 saturated heterocycles. The van der Waals surface area contributed by atoms with Gasteiger partial charge in [-0.2, -0.15) is 9.61 Å². The molecular weight excluding hydrogens is 513 g/mol. The van der Waals surface area contributed by atoms with E-state index in [1.54, 1.807) is 31.9 Å². The number of piperazine rings is 1. The quantitative estimate of drug-likeness (QED) is 0.360. The molecule has 1 amide bonds. The Balaban J connectivity index is 1.51. The maximum atomic E-state index is 14.9. The highest BCUT2D eigenvalue weighted by molar-refractivity contribution is 6.04. The van der Waals surface area contributed by atoms with E-state index in [1.807, 2.05) is 0 Å². The topological polar surface area (TPSA) is 101 Å². The molecule has 10 nitrogen and oxygen atoms in total. The third-order valence-electron chi connectivity index (χ3n) is 6.93. The second kappa shape index (κ2) is 11.1. The fourth-order valence-electron chi connectivity index (χ4n) is 4.84. The number of hydrogen-bond donors (Lipinski definition) is 1. The molecule has 0 spiro atoms. The minimum Gasteiger partial charge on any atom is -0.383 e. The molecule has 0 radical (unpaired) electrons. The van der Waals surface area contributed by atoms with Gasteiger partial charge in [0.25, 0.3) is 12.3 Å². The molecule has 1 aliphatic heterocycles. The average Bonchev–Trinajstić information content (AvgIpc) is 3.42. The molecule has 13 heteroatoms. The summed E-state index contributed by atoms with van der Waals surface area (Å²) in [6.07, 6.45) is -1.58. The van der Waals surface area contributed by atoms with Crippen LogP contribution in [0, 0.1) is 12.7 Å². The van der Waals surface area contributed by atoms with Crippen LogP contribution >= 0.6 is 0 Å². The molecule has 4 heterocycles. The van der Waals surface area contributed by atoms with E-state index in [0.29, 0.717) is 53.6 Å². The number of anilines is 1. The number of methoxy groups -OCH3 is 1. The summed E-state index contributed by atoms with van der Waals surface area (Å²) in [5.41, 5.74) is 0.514. The molecule has 0 bridgehead atoms. The molecule has 0 aliphatic carbocycles. The zero-order valence-corrected chi connectivity index (χ0v) is 21.9. The van der Waals surface area contributed by atoms with Crippen molar-refractivity contribution in [1.82, 2.24) is 34.4 Å². The number of rotatable bonds is 8. The highest BCUT2D eigenvalue weighted by atomic mass is 19.3. The first-order chi connectivity index (χ1) is 18.8. The van der Waals surface area contributed by atoms with Gasteiger partial charge in [0.1, 0.15) is 23.8 Å². The van der Waals surface area contributed by atoms with Crippen LogP contribution < -0.4 is 5.32 Å². The van der Waals surface area contributed by atoms with Crippen LogP contribution in [0.3, 0.4) is 0 Å². The van der Waals surface area contributed by atoms with Crippen molar-refractivity contribution in [3.05, 3.63) is 58.9 Å². The summed E-state index contributed by atoms with van der Waals surface area (Å²) in [5, 5.41) is 7.90. The van der Waals surface area contributed by atoms with Crippen LogP contribution in [0.15, 0.2) is 30.6 Å². The molecular formula is C26H29F3N8O2. The molecule has 206 valence electrons. The lowest BCUT2D eigenvalue weighted by molar-refractivity contribution is 0.0595. The summed E-state index contributed by atoms with van der Waals surface area (Å²) in [7, 11) is 1.66. The van der Waals surface area contributed by atoms with Gasteiger partial charge < -0.3 is 15.0 Å². The summed E-state index contributed by atoms with van der Waals surface area (Å²) in [6, 6.07) is 4.86. The number of aromatic nitrogens is 5. The molecule has 1 N–H and O–H groups in total. The number of benzene rings is 1. The maximum absolute atomic E-state index is 14.9. The van der Waals surface area contributed by atoms with Crippen molar-refractivity contribution in [2.75, 3.05) is 51.8 Å². The van der Waals surface area contributed by atoms with Gasteiger partial charge in [-0.3, -0.25) is 9.69 Å². The number of alkyl halides is 2. The lowest BCUT2D eigenvalue weighted by atomic mass is 10.0. The number of nitrogens with one attached hydrogen (secondary N) is 1. The van der Waals surface area contributed by atoms with Gasteiger partial charge in [-0.25, -0.2) is 28.1 Å². The van der Waals surface area contributed by atoms with Crippen LogP contribution in [0.4, 0.5) is 19.0 Å². The lowest BCUT2D eigenvalue weighted by Crippen LogP contribution is -2.49. The molecule has 1 atom stereocenters. The minimum absolute atomic E-state index is 0.0710. The van der Waals surface area contributed by atoms with E-state index >= 15 is 0 Å². The average molecular weight is 543 g/mol. The third-order valence-corrected chi connectivity index (χ3v) is 6.93. The molecule has 0 saturated carbocycles. The van der Waals surface area contributed by atoms with Crippen LogP contribution in [0.1, 0.15) is 46.7 Å². The third kappa shape index (κ3) is 5.23. The molecule has 1 fully saturated rings. The van der Waals surface area contributed by atoms with Gasteiger partial charge in [0.15, 0.2) is 11.3 Å². The van der Waals surface area contributed by atoms with E-state index in [2.05, 4.69) is 30.3 Å². The number of ether oxygens (including phenoxy) is 1. The van der Waals surface area contributed by atoms with Crippen molar-refractivity contribution < 1.29 is 22.7 Å². The summed E-state index contributed by atoms with van der Waals surface area (Å²) in [6.45, 7) is 7.32. The van der Waals surface area contributed by atoms with E-state index in [1.165, 1.54) is 23.0 Å². The fraction of sp³-hybridized carbons (Fsp3) is 0.423. The Morgan fingerprint density at radius 3 is 2.59 bits per heavy atom. The second-order valence-electron chi connectivity index (χ2n) is 9.45. The van der Waals surface area contributed by atoms with Crippen LogP contribution in [0.5, 0.6) is 0 Å². The Morgan fingerprint density at radius 2 is 1.87 bits per heavy atom. The molecule has 3 aromatic heterocycles. The minimum atomic E-state index is -2.93. The van der Waals surface area contributed by atoms with Crippen molar-refractivity contribution in [2.24, 2.45) is 0 Å². The number of fused-ring (bicyclic) bond motifs is 3. The van der Waals surface area contributed by atoms with E-state index in [4.69, 9.17) is 4.74 Å². The zero-order chi connectivity index (χ0) is 27.7. The van der Waals surface area contributed by atoms with E-state index in [9.17, 15) is 18.0 Å². The van der Waals surface area contributed by atoms with Crippen LogP contribution in [0.25, 0.3) is 16.7 Å². The van der Waals surface area contributed by atoms with Gasteiger partial charge in [-0.1, -0.05) is 18.2 Å². The molecule has 39 heavy (non-hydrogen) atoms. The largest absolute Gasteiger partial charge is 0.383 e. The number of carbonyl (C=O) groups is 1. The van der Waals surface area contributed by atoms with E-state index in [-0.39, 0.29) is 11.5 Å². The van der Waals surface area contributed by atoms with Crippen molar-refractivity contribution in [1.29, 1.82) is 0 Å². The second-order valence-corrected chi connectivity index (χ2v) is 9.45. The maximum Gasteiger partial charge on any atom is 0.266 e. The molecule has 1 aromatic carbocycles. The lowest BCUT2D eigenvalue weighted by Gasteiger charge is -2.34. The SMILES string of the molecule is COCCN1CCN(C(=O)c2cc3c(N[C@H](C)c4cccc(C(F)F)c4F)nc(C)nc3n3ncnc23)CC1. The predicted octanol–water partition coefficient (Wildman–Crippen LogP) is 3.63. The Hall–Kier alpha value is -3.84. The van der Waals surface area contributed by atoms with Gasteiger partial charge in [0, 0.05) is 45.4 Å². The number of hydrogen-bond acceptors (Lipinski definition) is 8. The normalized spacial score (nSPS) is 15.4. The standard InChI is InChI=1S/C26H29F3N8O2/c1-15(17-5-4-6-18(21(17)27)22(28)29)32-23-19-13-20(24-30-14-31-37(24)25(19)34-16(2)33-23)26(38)36-9-7-35(8-10-36)11-12-39-3/h4-6,13-15,22H,7-12H2,1-3H3,(H,32,33,34)/t15-/m1/s1. The first-order valence-corrected chi connectivity index (χ1v) is 12.6. The first-order valence-electron chi connectivity index (χ1n) is 12.6. The van der Waals surface area contributed by atoms with Crippen molar-refractivity contribution >= 4 is 28.4 Å². The summed E-state index contributed by atoms with van der Waals surface area (Å²) < 4.78 is 48.1. The molecule has 1 aliphatic rings. The number of halogens is 3. The number of carbonyl (C=O) groups excluding carboxylic acids is 1. The van der Waals surface area contributed by atoms with Crippen molar-refractivity contribution in [3.63, 3.8) is 0 Å². The Labute approximate surface area is 222 Å². The van der Waals surface area contributed by atoms with Crippen LogP contribution in [-0.2, 0) is 4.74 Å². The van der Waals surface area contributed by atoms with Gasteiger partial charge in [-0.05, 0) is 19.9 Å². The van der Waals surface area contributed by atoms with Gasteiger partial charge in [-0.15, -0.1) is 0 Å². The summed E-state index contributed by atoms with van der Waals surface area (Å²) in [4.78, 5) is 31.0. The molecule has 0 unspecified atom stereocenters. The number of aryl methyl sites for hydroxylation is 1. The number of amides is 1. The zero-order valence-electron chi connectivity index (χ0n) is 21.9. The van der Waals surface area contributed by atoms with Gasteiger partial charge in [0.05, 0.1) is 29.2 Å². The van der Waals surface area contributed by atoms with Gasteiger partial charge in [0.2, 0.25) is 0 Å². The molecule has 5 rings (SSSR count). The monoisotopic (exact) mass is 542 g/mol. The van der Waals surface area contributed by atoms with Crippen LogP contribution in [-0.4, -0.2) is 86.7 Å². The van der Waals surface area contributed by atoms with Gasteiger partial charge >= 0.3 is 0 Å². The number of pyridine rings is 1.